The molecule has 0 fully saturated rings. The number of carbonyl (C=O) groups excluding carboxylic acids is 1. The summed E-state index contributed by atoms with van der Waals surface area (Å²) >= 11 is 0. The molecule has 0 aliphatic heterocycles. The lowest BCUT2D eigenvalue weighted by atomic mass is 9.85. The Hall–Kier alpha value is -1.39. The van der Waals surface area contributed by atoms with Crippen molar-refractivity contribution in [1.29, 1.82) is 0 Å². The smallest absolute Gasteiger partial charge is 0.290 e. The van der Waals surface area contributed by atoms with Crippen LogP contribution in [-0.2, 0) is 0 Å². The van der Waals surface area contributed by atoms with Crippen molar-refractivity contribution in [2.75, 3.05) is 6.54 Å². The quantitative estimate of drug-likeness (QED) is 0.831. The second kappa shape index (κ2) is 6.68. The third-order valence-corrected chi connectivity index (χ3v) is 3.46. The number of H-pyrrole nitrogens is 1. The zero-order valence-electron chi connectivity index (χ0n) is 12.8. The number of hydrogen-bond donors (Lipinski definition) is 2. The maximum atomic E-state index is 12.0. The molecule has 0 unspecified atom stereocenters. The van der Waals surface area contributed by atoms with Gasteiger partial charge in [0.15, 0.2) is 0 Å². The Morgan fingerprint density at radius 2 is 1.74 bits per heavy atom. The molecule has 2 N–H and O–H groups in total. The van der Waals surface area contributed by atoms with E-state index < -0.39 is 0 Å². The summed E-state index contributed by atoms with van der Waals surface area (Å²) in [4.78, 5) is 16.2. The second-order valence-electron chi connectivity index (χ2n) is 6.06. The van der Waals surface area contributed by atoms with Gasteiger partial charge in [-0.3, -0.25) is 9.89 Å². The fourth-order valence-corrected chi connectivity index (χ4v) is 2.16. The van der Waals surface area contributed by atoms with E-state index >= 15 is 0 Å². The van der Waals surface area contributed by atoms with E-state index in [4.69, 9.17) is 0 Å². The highest BCUT2D eigenvalue weighted by Crippen LogP contribution is 2.19. The van der Waals surface area contributed by atoms with Gasteiger partial charge in [-0.15, -0.1) is 5.10 Å². The predicted octanol–water partition coefficient (Wildman–Crippen LogP) is 2.59. The van der Waals surface area contributed by atoms with Crippen LogP contribution in [0.4, 0.5) is 0 Å². The minimum Gasteiger partial charge on any atom is -0.349 e. The van der Waals surface area contributed by atoms with Crippen molar-refractivity contribution in [3.05, 3.63) is 11.6 Å². The zero-order valence-corrected chi connectivity index (χ0v) is 12.8. The van der Waals surface area contributed by atoms with Gasteiger partial charge >= 0.3 is 0 Å². The number of carbonyl (C=O) groups is 1. The summed E-state index contributed by atoms with van der Waals surface area (Å²) in [7, 11) is 0. The van der Waals surface area contributed by atoms with Crippen molar-refractivity contribution in [3.8, 4) is 0 Å². The Morgan fingerprint density at radius 1 is 1.16 bits per heavy atom. The van der Waals surface area contributed by atoms with Crippen LogP contribution < -0.4 is 5.32 Å². The number of nitrogens with zero attached hydrogens (tertiary/aromatic N) is 2. The van der Waals surface area contributed by atoms with Gasteiger partial charge in [0.05, 0.1) is 0 Å². The number of rotatable bonds is 6. The molecule has 0 atom stereocenters. The van der Waals surface area contributed by atoms with Gasteiger partial charge in [0.1, 0.15) is 5.82 Å². The molecule has 19 heavy (non-hydrogen) atoms. The highest BCUT2D eigenvalue weighted by atomic mass is 16.2. The van der Waals surface area contributed by atoms with Crippen LogP contribution in [0.2, 0.25) is 0 Å². The molecule has 5 nitrogen and oxygen atoms in total. The van der Waals surface area contributed by atoms with E-state index in [1.54, 1.807) is 0 Å². The molecule has 108 valence electrons. The van der Waals surface area contributed by atoms with Crippen LogP contribution in [0.3, 0.4) is 0 Å². The van der Waals surface area contributed by atoms with Crippen LogP contribution in [0.1, 0.15) is 63.9 Å². The van der Waals surface area contributed by atoms with Crippen LogP contribution in [0.25, 0.3) is 0 Å². The first-order valence-corrected chi connectivity index (χ1v) is 7.03. The van der Waals surface area contributed by atoms with E-state index in [0.29, 0.717) is 24.3 Å². The van der Waals surface area contributed by atoms with Crippen LogP contribution in [0, 0.1) is 17.8 Å². The van der Waals surface area contributed by atoms with Gasteiger partial charge in [-0.2, -0.15) is 0 Å². The summed E-state index contributed by atoms with van der Waals surface area (Å²) < 4.78 is 0. The Labute approximate surface area is 115 Å². The molecule has 0 bridgehead atoms. The van der Waals surface area contributed by atoms with Crippen LogP contribution in [0.15, 0.2) is 0 Å². The van der Waals surface area contributed by atoms with E-state index in [0.717, 1.165) is 5.82 Å². The lowest BCUT2D eigenvalue weighted by Crippen LogP contribution is -2.34. The normalized spacial score (nSPS) is 11.9. The van der Waals surface area contributed by atoms with Crippen molar-refractivity contribution in [2.45, 2.75) is 47.5 Å². The van der Waals surface area contributed by atoms with Gasteiger partial charge < -0.3 is 5.32 Å². The summed E-state index contributed by atoms with van der Waals surface area (Å²) in [5.74, 6) is 2.57. The van der Waals surface area contributed by atoms with Crippen molar-refractivity contribution >= 4 is 5.91 Å². The van der Waals surface area contributed by atoms with Gasteiger partial charge in [0, 0.05) is 12.5 Å². The van der Waals surface area contributed by atoms with Crippen LogP contribution in [-0.4, -0.2) is 27.6 Å². The Balaban J connectivity index is 2.59. The Morgan fingerprint density at radius 3 is 2.16 bits per heavy atom. The molecular formula is C14H26N4O. The first kappa shape index (κ1) is 15.7. The summed E-state index contributed by atoms with van der Waals surface area (Å²) in [6, 6.07) is 0. The van der Waals surface area contributed by atoms with E-state index in [-0.39, 0.29) is 17.6 Å². The second-order valence-corrected chi connectivity index (χ2v) is 6.06. The molecule has 5 heteroatoms. The molecule has 0 saturated heterocycles. The average molecular weight is 266 g/mol. The molecule has 1 heterocycles. The van der Waals surface area contributed by atoms with Crippen molar-refractivity contribution in [1.82, 2.24) is 20.5 Å². The lowest BCUT2D eigenvalue weighted by Gasteiger charge is -2.24. The number of aromatic nitrogens is 3. The van der Waals surface area contributed by atoms with Gasteiger partial charge in [-0.05, 0) is 17.8 Å². The molecular weight excluding hydrogens is 240 g/mol. The highest BCUT2D eigenvalue weighted by molar-refractivity contribution is 5.90. The van der Waals surface area contributed by atoms with E-state index in [1.807, 2.05) is 13.8 Å². The molecule has 1 rings (SSSR count). The van der Waals surface area contributed by atoms with E-state index in [2.05, 4.69) is 48.2 Å². The highest BCUT2D eigenvalue weighted by Gasteiger charge is 2.20. The molecule has 0 aromatic carbocycles. The third-order valence-electron chi connectivity index (χ3n) is 3.46. The molecule has 0 aliphatic rings. The summed E-state index contributed by atoms with van der Waals surface area (Å²) in [6.45, 7) is 13.4. The van der Waals surface area contributed by atoms with E-state index in [9.17, 15) is 4.79 Å². The zero-order chi connectivity index (χ0) is 14.6. The fourth-order valence-electron chi connectivity index (χ4n) is 2.16. The average Bonchev–Trinajstić information content (AvgIpc) is 2.77. The molecule has 0 radical (unpaired) electrons. The van der Waals surface area contributed by atoms with Gasteiger partial charge in [-0.25, -0.2) is 4.98 Å². The fraction of sp³-hybridized carbons (Fsp3) is 0.786. The topological polar surface area (TPSA) is 70.7 Å². The lowest BCUT2D eigenvalue weighted by molar-refractivity contribution is 0.0927. The molecule has 0 saturated carbocycles. The van der Waals surface area contributed by atoms with Crippen LogP contribution in [0.5, 0.6) is 0 Å². The standard InChI is InChI=1S/C14H26N4O/c1-8(2)11(9(3)4)7-15-14(19)13-16-12(10(5)6)17-18-13/h8-11H,7H2,1-6H3,(H,15,19)(H,16,17,18). The minimum atomic E-state index is -0.200. The van der Waals surface area contributed by atoms with Crippen molar-refractivity contribution in [3.63, 3.8) is 0 Å². The molecule has 0 spiro atoms. The largest absolute Gasteiger partial charge is 0.349 e. The van der Waals surface area contributed by atoms with Gasteiger partial charge in [0.25, 0.3) is 5.91 Å². The van der Waals surface area contributed by atoms with Gasteiger partial charge in [-0.1, -0.05) is 41.5 Å². The molecule has 0 aliphatic carbocycles. The number of aromatic amines is 1. The first-order chi connectivity index (χ1) is 8.82. The van der Waals surface area contributed by atoms with E-state index in [1.165, 1.54) is 0 Å². The monoisotopic (exact) mass is 266 g/mol. The Kier molecular flexibility index (Phi) is 5.51. The number of hydrogen-bond acceptors (Lipinski definition) is 3. The minimum absolute atomic E-state index is 0.200. The molecule has 1 aromatic heterocycles. The molecule has 1 aromatic rings. The predicted molar refractivity (Wildman–Crippen MR) is 76.0 cm³/mol. The third kappa shape index (κ3) is 4.33. The summed E-state index contributed by atoms with van der Waals surface area (Å²) in [5, 5.41) is 9.68. The summed E-state index contributed by atoms with van der Waals surface area (Å²) in [5.41, 5.74) is 0. The maximum absolute atomic E-state index is 12.0. The maximum Gasteiger partial charge on any atom is 0.290 e. The first-order valence-electron chi connectivity index (χ1n) is 7.03. The number of nitrogens with one attached hydrogen (secondary N) is 2. The van der Waals surface area contributed by atoms with Crippen molar-refractivity contribution in [2.24, 2.45) is 17.8 Å². The molecule has 1 amide bonds. The van der Waals surface area contributed by atoms with Crippen LogP contribution >= 0.6 is 0 Å². The SMILES string of the molecule is CC(C)c1nc(C(=O)NCC(C(C)C)C(C)C)n[nH]1. The van der Waals surface area contributed by atoms with Gasteiger partial charge in [0.2, 0.25) is 5.82 Å². The number of amides is 1. The van der Waals surface area contributed by atoms with Crippen molar-refractivity contribution < 1.29 is 4.79 Å². The Bertz CT molecular complexity index is 401. The summed E-state index contributed by atoms with van der Waals surface area (Å²) in [6.07, 6.45) is 0.